The maximum absolute atomic E-state index is 10.4. The quantitative estimate of drug-likeness (QED) is 0.225. The fraction of sp³-hybridized carbons (Fsp3) is 0.182. The first-order valence-corrected chi connectivity index (χ1v) is 14.2. The minimum atomic E-state index is -0.946. The molecule has 7 heteroatoms. The molecule has 40 heavy (non-hydrogen) atoms. The van der Waals surface area contributed by atoms with Gasteiger partial charge >= 0.3 is 7.48 Å². The van der Waals surface area contributed by atoms with E-state index in [9.17, 15) is 5.11 Å². The van der Waals surface area contributed by atoms with Gasteiger partial charge in [-0.15, -0.1) is 11.3 Å². The van der Waals surface area contributed by atoms with Crippen LogP contribution in [0.4, 0.5) is 0 Å². The summed E-state index contributed by atoms with van der Waals surface area (Å²) in [6.45, 7) is 7.39. The van der Waals surface area contributed by atoms with Crippen LogP contribution in [0.2, 0.25) is 0 Å². The Hall–Kier alpha value is -3.91. The lowest BCUT2D eigenvalue weighted by Crippen LogP contribution is -2.49. The lowest BCUT2D eigenvalue weighted by atomic mass is 9.82. The standard InChI is InChI=1S/C33H30BN3O2S/c1-32(2,38)33(3,4)39-34-24-16-18-27-26(20-24)25-17-15-23(19-28(25)40-27)31-36-29(21-11-7-5-8-12-21)35-30(37-31)22-13-9-6-10-14-22/h5-20,34,38H,1-4H3. The summed E-state index contributed by atoms with van der Waals surface area (Å²) in [6, 6.07) is 32.9. The van der Waals surface area contributed by atoms with E-state index < -0.39 is 11.2 Å². The van der Waals surface area contributed by atoms with E-state index in [1.165, 1.54) is 20.2 Å². The largest absolute Gasteiger partial charge is 0.427 e. The van der Waals surface area contributed by atoms with Gasteiger partial charge < -0.3 is 9.76 Å². The Bertz CT molecular complexity index is 1760. The highest BCUT2D eigenvalue weighted by Gasteiger charge is 2.35. The molecule has 0 aliphatic rings. The van der Waals surface area contributed by atoms with E-state index in [0.29, 0.717) is 25.0 Å². The maximum Gasteiger partial charge on any atom is 0.309 e. The van der Waals surface area contributed by atoms with E-state index in [1.54, 1.807) is 25.2 Å². The summed E-state index contributed by atoms with van der Waals surface area (Å²) in [5.41, 5.74) is 2.31. The number of fused-ring (bicyclic) bond motifs is 3. The molecule has 0 bridgehead atoms. The van der Waals surface area contributed by atoms with Gasteiger partial charge in [-0.1, -0.05) is 90.4 Å². The predicted octanol–water partition coefficient (Wildman–Crippen LogP) is 6.78. The van der Waals surface area contributed by atoms with E-state index in [1.807, 2.05) is 74.5 Å². The summed E-state index contributed by atoms with van der Waals surface area (Å²) < 4.78 is 8.50. The number of hydrogen-bond acceptors (Lipinski definition) is 6. The second kappa shape index (κ2) is 10.2. The van der Waals surface area contributed by atoms with Crippen LogP contribution in [0.15, 0.2) is 97.1 Å². The highest BCUT2D eigenvalue weighted by molar-refractivity contribution is 7.25. The molecule has 0 radical (unpaired) electrons. The second-order valence-corrected chi connectivity index (χ2v) is 12.1. The summed E-state index contributed by atoms with van der Waals surface area (Å²) in [6.07, 6.45) is 0. The number of nitrogens with zero attached hydrogens (tertiary/aromatic N) is 3. The second-order valence-electron chi connectivity index (χ2n) is 11.0. The van der Waals surface area contributed by atoms with Gasteiger partial charge in [-0.05, 0) is 45.2 Å². The normalized spacial score (nSPS) is 12.2. The van der Waals surface area contributed by atoms with Crippen molar-refractivity contribution < 1.29 is 9.76 Å². The van der Waals surface area contributed by atoms with Crippen LogP contribution in [0.1, 0.15) is 27.7 Å². The van der Waals surface area contributed by atoms with Gasteiger partial charge in [-0.2, -0.15) is 0 Å². The minimum absolute atomic E-state index is 0.428. The first kappa shape index (κ1) is 26.3. The van der Waals surface area contributed by atoms with Gasteiger partial charge in [0.25, 0.3) is 0 Å². The Kier molecular flexibility index (Phi) is 6.74. The van der Waals surface area contributed by atoms with Crippen molar-refractivity contribution in [2.75, 3.05) is 0 Å². The highest BCUT2D eigenvalue weighted by atomic mass is 32.1. The van der Waals surface area contributed by atoms with Crippen molar-refractivity contribution in [2.45, 2.75) is 38.9 Å². The van der Waals surface area contributed by atoms with Crippen molar-refractivity contribution in [3.05, 3.63) is 97.1 Å². The zero-order valence-electron chi connectivity index (χ0n) is 23.1. The van der Waals surface area contributed by atoms with Gasteiger partial charge in [0.05, 0.1) is 11.2 Å². The van der Waals surface area contributed by atoms with Crippen molar-refractivity contribution in [2.24, 2.45) is 0 Å². The highest BCUT2D eigenvalue weighted by Crippen LogP contribution is 2.36. The van der Waals surface area contributed by atoms with Crippen LogP contribution in [-0.4, -0.2) is 38.7 Å². The third-order valence-electron chi connectivity index (χ3n) is 7.57. The van der Waals surface area contributed by atoms with Crippen molar-refractivity contribution in [1.29, 1.82) is 0 Å². The van der Waals surface area contributed by atoms with Crippen molar-refractivity contribution >= 4 is 44.5 Å². The summed E-state index contributed by atoms with van der Waals surface area (Å²) in [4.78, 5) is 14.6. The summed E-state index contributed by atoms with van der Waals surface area (Å²) in [7, 11) is 0.428. The van der Waals surface area contributed by atoms with Crippen LogP contribution in [0.25, 0.3) is 54.3 Å². The summed E-state index contributed by atoms with van der Waals surface area (Å²) in [5.74, 6) is 1.95. The van der Waals surface area contributed by atoms with Gasteiger partial charge in [0.2, 0.25) is 0 Å². The molecule has 6 rings (SSSR count). The number of benzene rings is 4. The average Bonchev–Trinajstić information content (AvgIpc) is 3.33. The fourth-order valence-corrected chi connectivity index (χ4v) is 5.56. The molecule has 2 aromatic heterocycles. The number of aliphatic hydroxyl groups is 1. The molecule has 0 fully saturated rings. The summed E-state index contributed by atoms with van der Waals surface area (Å²) in [5, 5.41) is 12.8. The zero-order chi connectivity index (χ0) is 27.9. The van der Waals surface area contributed by atoms with E-state index in [4.69, 9.17) is 19.6 Å². The number of rotatable bonds is 7. The average molecular weight is 544 g/mol. The van der Waals surface area contributed by atoms with Gasteiger partial charge in [0.15, 0.2) is 17.5 Å². The third kappa shape index (κ3) is 5.16. The molecular weight excluding hydrogens is 513 g/mol. The van der Waals surface area contributed by atoms with Crippen LogP contribution in [0.5, 0.6) is 0 Å². The predicted molar refractivity (Wildman–Crippen MR) is 167 cm³/mol. The Morgan fingerprint density at radius 3 is 1.77 bits per heavy atom. The topological polar surface area (TPSA) is 68.1 Å². The molecule has 4 aromatic carbocycles. The van der Waals surface area contributed by atoms with Crippen LogP contribution in [0.3, 0.4) is 0 Å². The SMILES string of the molecule is CC(C)(O)C(C)(C)OBc1ccc2sc3cc(-c4nc(-c5ccccc5)nc(-c5ccccc5)n4)ccc3c2c1. The summed E-state index contributed by atoms with van der Waals surface area (Å²) >= 11 is 1.76. The Balaban J connectivity index is 1.39. The number of thiophene rings is 1. The Labute approximate surface area is 238 Å². The molecule has 0 atom stereocenters. The van der Waals surface area contributed by atoms with Crippen LogP contribution >= 0.6 is 11.3 Å². The van der Waals surface area contributed by atoms with Gasteiger partial charge in [-0.3, -0.25) is 0 Å². The minimum Gasteiger partial charge on any atom is -0.427 e. The number of hydrogen-bond donors (Lipinski definition) is 1. The molecule has 6 aromatic rings. The molecule has 0 spiro atoms. The number of aromatic nitrogens is 3. The van der Waals surface area contributed by atoms with E-state index in [0.717, 1.165) is 22.2 Å². The molecule has 0 saturated heterocycles. The molecule has 0 unspecified atom stereocenters. The molecule has 2 heterocycles. The van der Waals surface area contributed by atoms with E-state index in [2.05, 4.69) is 36.4 Å². The van der Waals surface area contributed by atoms with Crippen molar-refractivity contribution in [3.63, 3.8) is 0 Å². The molecule has 0 saturated carbocycles. The van der Waals surface area contributed by atoms with Gasteiger partial charge in [0, 0.05) is 31.5 Å². The van der Waals surface area contributed by atoms with Gasteiger partial charge in [-0.25, -0.2) is 15.0 Å². The van der Waals surface area contributed by atoms with E-state index >= 15 is 0 Å². The molecule has 0 aliphatic carbocycles. The smallest absolute Gasteiger partial charge is 0.309 e. The van der Waals surface area contributed by atoms with Crippen LogP contribution < -0.4 is 5.46 Å². The fourth-order valence-electron chi connectivity index (χ4n) is 4.43. The van der Waals surface area contributed by atoms with Crippen LogP contribution in [-0.2, 0) is 4.65 Å². The Morgan fingerprint density at radius 2 is 1.20 bits per heavy atom. The van der Waals surface area contributed by atoms with Gasteiger partial charge in [0.1, 0.15) is 0 Å². The molecule has 0 aliphatic heterocycles. The lowest BCUT2D eigenvalue weighted by molar-refractivity contribution is -0.0893. The third-order valence-corrected chi connectivity index (χ3v) is 8.70. The molecule has 0 amide bonds. The molecule has 5 nitrogen and oxygen atoms in total. The maximum atomic E-state index is 10.4. The molecule has 1 N–H and O–H groups in total. The first-order chi connectivity index (χ1) is 19.2. The van der Waals surface area contributed by atoms with E-state index in [-0.39, 0.29) is 0 Å². The van der Waals surface area contributed by atoms with Crippen molar-refractivity contribution in [1.82, 2.24) is 15.0 Å². The first-order valence-electron chi connectivity index (χ1n) is 13.4. The monoisotopic (exact) mass is 543 g/mol. The molecular formula is C33H30BN3O2S. The lowest BCUT2D eigenvalue weighted by Gasteiger charge is -2.37. The van der Waals surface area contributed by atoms with Crippen LogP contribution in [0, 0.1) is 0 Å². The Morgan fingerprint density at radius 1 is 0.625 bits per heavy atom. The molecule has 198 valence electrons. The van der Waals surface area contributed by atoms with Crippen molar-refractivity contribution in [3.8, 4) is 34.2 Å². The zero-order valence-corrected chi connectivity index (χ0v) is 23.9.